The van der Waals surface area contributed by atoms with E-state index < -0.39 is 0 Å². The van der Waals surface area contributed by atoms with Gasteiger partial charge in [-0.25, -0.2) is 0 Å². The van der Waals surface area contributed by atoms with Crippen LogP contribution in [0.25, 0.3) is 0 Å². The van der Waals surface area contributed by atoms with E-state index in [0.717, 1.165) is 32.4 Å². The Morgan fingerprint density at radius 2 is 1.96 bits per heavy atom. The molecule has 0 N–H and O–H groups in total. The number of morpholine rings is 1. The molecule has 6 nitrogen and oxygen atoms in total. The van der Waals surface area contributed by atoms with Crippen molar-refractivity contribution in [3.8, 4) is 0 Å². The molecule has 0 bridgehead atoms. The largest absolute Gasteiger partial charge is 0.378 e. The Bertz CT molecular complexity index is 731. The molecule has 1 atom stereocenters. The van der Waals surface area contributed by atoms with E-state index in [1.807, 2.05) is 9.80 Å². The highest BCUT2D eigenvalue weighted by molar-refractivity contribution is 5.84. The van der Waals surface area contributed by atoms with E-state index in [1.54, 1.807) is 0 Å². The van der Waals surface area contributed by atoms with E-state index in [-0.39, 0.29) is 17.2 Å². The lowest BCUT2D eigenvalue weighted by Crippen LogP contribution is -2.50. The normalized spacial score (nSPS) is 26.2. The zero-order valence-electron chi connectivity index (χ0n) is 16.9. The molecule has 1 aromatic carbocycles. The van der Waals surface area contributed by atoms with Crippen molar-refractivity contribution in [3.63, 3.8) is 0 Å². The Balaban J connectivity index is 1.37. The van der Waals surface area contributed by atoms with Gasteiger partial charge in [0.1, 0.15) is 0 Å². The predicted octanol–water partition coefficient (Wildman–Crippen LogP) is 1.67. The molecule has 3 aliphatic heterocycles. The molecule has 3 saturated heterocycles. The summed E-state index contributed by atoms with van der Waals surface area (Å²) in [6.45, 7) is 8.20. The maximum atomic E-state index is 13.4. The van der Waals surface area contributed by atoms with Gasteiger partial charge in [0.15, 0.2) is 0 Å². The number of aryl methyl sites for hydroxylation is 1. The molecule has 6 heteroatoms. The molecule has 0 aliphatic carbocycles. The number of rotatable bonds is 4. The van der Waals surface area contributed by atoms with Crippen molar-refractivity contribution in [3.05, 3.63) is 35.4 Å². The van der Waals surface area contributed by atoms with Crippen molar-refractivity contribution in [1.29, 1.82) is 0 Å². The van der Waals surface area contributed by atoms with Gasteiger partial charge >= 0.3 is 0 Å². The fraction of sp³-hybridized carbons (Fsp3) is 0.636. The number of benzene rings is 1. The van der Waals surface area contributed by atoms with Crippen LogP contribution in [-0.4, -0.2) is 79.0 Å². The highest BCUT2D eigenvalue weighted by atomic mass is 16.5. The summed E-state index contributed by atoms with van der Waals surface area (Å²) in [6.07, 6.45) is 2.85. The molecule has 2 amide bonds. The number of ether oxygens (including phenoxy) is 1. The molecule has 152 valence electrons. The third kappa shape index (κ3) is 4.08. The maximum absolute atomic E-state index is 13.4. The second-order valence-electron chi connectivity index (χ2n) is 8.55. The second kappa shape index (κ2) is 8.21. The minimum Gasteiger partial charge on any atom is -0.378 e. The predicted molar refractivity (Wildman–Crippen MR) is 107 cm³/mol. The van der Waals surface area contributed by atoms with Crippen molar-refractivity contribution in [1.82, 2.24) is 14.7 Å². The molecule has 1 spiro atoms. The summed E-state index contributed by atoms with van der Waals surface area (Å²) in [5, 5.41) is 0. The van der Waals surface area contributed by atoms with Crippen LogP contribution in [0.1, 0.15) is 30.4 Å². The minimum absolute atomic E-state index is 0.167. The van der Waals surface area contributed by atoms with E-state index >= 15 is 0 Å². The monoisotopic (exact) mass is 385 g/mol. The van der Waals surface area contributed by atoms with Crippen molar-refractivity contribution in [2.45, 2.75) is 32.7 Å². The first-order valence-corrected chi connectivity index (χ1v) is 10.5. The van der Waals surface area contributed by atoms with Gasteiger partial charge in [-0.1, -0.05) is 29.8 Å². The summed E-state index contributed by atoms with van der Waals surface area (Å²) in [5.74, 6) is 0.446. The molecule has 28 heavy (non-hydrogen) atoms. The molecule has 3 fully saturated rings. The van der Waals surface area contributed by atoms with Crippen LogP contribution in [0.3, 0.4) is 0 Å². The Morgan fingerprint density at radius 3 is 2.75 bits per heavy atom. The topological polar surface area (TPSA) is 53.1 Å². The first-order chi connectivity index (χ1) is 13.6. The number of amides is 2. The lowest BCUT2D eigenvalue weighted by atomic mass is 9.78. The van der Waals surface area contributed by atoms with Crippen LogP contribution in [0.4, 0.5) is 0 Å². The third-order valence-corrected chi connectivity index (χ3v) is 6.44. The van der Waals surface area contributed by atoms with Gasteiger partial charge in [0.25, 0.3) is 0 Å². The lowest BCUT2D eigenvalue weighted by Gasteiger charge is -2.39. The number of hydrogen-bond donors (Lipinski definition) is 0. The summed E-state index contributed by atoms with van der Waals surface area (Å²) in [7, 11) is 0. The highest BCUT2D eigenvalue weighted by Crippen LogP contribution is 2.40. The number of piperidine rings is 1. The highest BCUT2D eigenvalue weighted by Gasteiger charge is 2.48. The molecule has 3 heterocycles. The Kier molecular flexibility index (Phi) is 5.69. The van der Waals surface area contributed by atoms with Gasteiger partial charge in [-0.2, -0.15) is 0 Å². The second-order valence-corrected chi connectivity index (χ2v) is 8.55. The first-order valence-electron chi connectivity index (χ1n) is 10.5. The number of likely N-dealkylation sites (tertiary alicyclic amines) is 2. The van der Waals surface area contributed by atoms with E-state index in [2.05, 4.69) is 36.1 Å². The summed E-state index contributed by atoms with van der Waals surface area (Å²) < 4.78 is 5.33. The zero-order valence-corrected chi connectivity index (χ0v) is 16.9. The zero-order chi connectivity index (χ0) is 19.6. The average molecular weight is 386 g/mol. The Labute approximate surface area is 167 Å². The van der Waals surface area contributed by atoms with E-state index in [1.165, 1.54) is 11.1 Å². The number of carbonyl (C=O) groups is 2. The van der Waals surface area contributed by atoms with Crippen LogP contribution in [0.2, 0.25) is 0 Å². The Hall–Kier alpha value is -1.92. The van der Waals surface area contributed by atoms with Crippen LogP contribution in [0.15, 0.2) is 24.3 Å². The van der Waals surface area contributed by atoms with E-state index in [9.17, 15) is 9.59 Å². The smallest absolute Gasteiger partial charge is 0.236 e. The van der Waals surface area contributed by atoms with Crippen LogP contribution in [-0.2, 0) is 20.9 Å². The van der Waals surface area contributed by atoms with Gasteiger partial charge < -0.3 is 14.5 Å². The van der Waals surface area contributed by atoms with Gasteiger partial charge in [-0.05, 0) is 38.3 Å². The average Bonchev–Trinajstić information content (AvgIpc) is 3.10. The molecule has 0 aromatic heterocycles. The lowest BCUT2D eigenvalue weighted by molar-refractivity contribution is -0.147. The molecule has 4 rings (SSSR count). The standard InChI is InChI=1S/C22H31N3O3/c1-18-4-2-5-19(14-18)15-25-8-3-6-22(21(25)27)7-9-23(17-22)16-20(26)24-10-12-28-13-11-24/h2,4-5,14H,3,6-13,15-17H2,1H3/t22-/m0/s1. The molecular formula is C22H31N3O3. The van der Waals surface area contributed by atoms with Gasteiger partial charge in [-0.3, -0.25) is 14.5 Å². The van der Waals surface area contributed by atoms with Crippen molar-refractivity contribution in [2.24, 2.45) is 5.41 Å². The van der Waals surface area contributed by atoms with Crippen LogP contribution in [0, 0.1) is 12.3 Å². The number of hydrogen-bond acceptors (Lipinski definition) is 4. The summed E-state index contributed by atoms with van der Waals surface area (Å²) in [4.78, 5) is 32.0. The molecular weight excluding hydrogens is 354 g/mol. The van der Waals surface area contributed by atoms with Crippen LogP contribution < -0.4 is 0 Å². The fourth-order valence-electron chi connectivity index (χ4n) is 4.91. The van der Waals surface area contributed by atoms with Gasteiger partial charge in [-0.15, -0.1) is 0 Å². The number of carbonyl (C=O) groups excluding carboxylic acids is 2. The van der Waals surface area contributed by atoms with Crippen molar-refractivity contribution < 1.29 is 14.3 Å². The minimum atomic E-state index is -0.298. The summed E-state index contributed by atoms with van der Waals surface area (Å²) in [5.41, 5.74) is 2.13. The van der Waals surface area contributed by atoms with Gasteiger partial charge in [0, 0.05) is 32.7 Å². The molecule has 0 unspecified atom stereocenters. The molecule has 1 aromatic rings. The maximum Gasteiger partial charge on any atom is 0.236 e. The SMILES string of the molecule is Cc1cccc(CN2CCC[C@@]3(CCN(CC(=O)N4CCOCC4)C3)C2=O)c1. The summed E-state index contributed by atoms with van der Waals surface area (Å²) >= 11 is 0. The van der Waals surface area contributed by atoms with Crippen molar-refractivity contribution >= 4 is 11.8 Å². The third-order valence-electron chi connectivity index (χ3n) is 6.44. The fourth-order valence-corrected chi connectivity index (χ4v) is 4.91. The van der Waals surface area contributed by atoms with Crippen LogP contribution >= 0.6 is 0 Å². The Morgan fingerprint density at radius 1 is 1.14 bits per heavy atom. The van der Waals surface area contributed by atoms with Gasteiger partial charge in [0.2, 0.25) is 11.8 Å². The van der Waals surface area contributed by atoms with E-state index in [4.69, 9.17) is 4.74 Å². The van der Waals surface area contributed by atoms with Gasteiger partial charge in [0.05, 0.1) is 25.2 Å². The summed E-state index contributed by atoms with van der Waals surface area (Å²) in [6, 6.07) is 8.41. The molecule has 0 saturated carbocycles. The van der Waals surface area contributed by atoms with Crippen molar-refractivity contribution in [2.75, 3.05) is 52.5 Å². The number of nitrogens with zero attached hydrogens (tertiary/aromatic N) is 3. The van der Waals surface area contributed by atoms with Crippen LogP contribution in [0.5, 0.6) is 0 Å². The molecule has 0 radical (unpaired) electrons. The quantitative estimate of drug-likeness (QED) is 0.791. The molecule has 3 aliphatic rings. The van der Waals surface area contributed by atoms with E-state index in [0.29, 0.717) is 45.9 Å². The first kappa shape index (κ1) is 19.4.